The second-order valence-electron chi connectivity index (χ2n) is 8.40. The van der Waals surface area contributed by atoms with Crippen molar-refractivity contribution in [3.8, 4) is 11.8 Å². The lowest BCUT2D eigenvalue weighted by Crippen LogP contribution is -2.24. The Morgan fingerprint density at radius 2 is 1.97 bits per heavy atom. The molecule has 0 amide bonds. The van der Waals surface area contributed by atoms with E-state index in [0.717, 1.165) is 75.8 Å². The number of aromatic nitrogens is 3. The van der Waals surface area contributed by atoms with Crippen LogP contribution in [0.1, 0.15) is 75.0 Å². The summed E-state index contributed by atoms with van der Waals surface area (Å²) in [6.07, 6.45) is 12.9. The zero-order valence-corrected chi connectivity index (χ0v) is 18.6. The summed E-state index contributed by atoms with van der Waals surface area (Å²) >= 11 is 0. The van der Waals surface area contributed by atoms with Gasteiger partial charge in [0.15, 0.2) is 5.65 Å². The zero-order chi connectivity index (χ0) is 23.0. The van der Waals surface area contributed by atoms with Crippen molar-refractivity contribution in [2.75, 3.05) is 11.4 Å². The lowest BCUT2D eigenvalue weighted by Gasteiger charge is -2.26. The Balaban J connectivity index is 1.45. The van der Waals surface area contributed by atoms with Crippen molar-refractivity contribution in [3.05, 3.63) is 59.4 Å². The number of anilines is 1. The minimum Gasteiger partial charge on any atom is -0.349 e. The van der Waals surface area contributed by atoms with Gasteiger partial charge in [0.05, 0.1) is 17.8 Å². The number of hydrogen-bond acceptors (Lipinski definition) is 4. The Morgan fingerprint density at radius 3 is 2.85 bits per heavy atom. The van der Waals surface area contributed by atoms with E-state index in [4.69, 9.17) is 4.98 Å². The molecule has 2 aromatic heterocycles. The van der Waals surface area contributed by atoms with Gasteiger partial charge in [-0.15, -0.1) is 0 Å². The predicted octanol–water partition coefficient (Wildman–Crippen LogP) is 5.63. The Hall–Kier alpha value is -3.27. The van der Waals surface area contributed by atoms with E-state index in [1.807, 2.05) is 17.2 Å². The smallest absolute Gasteiger partial charge is 0.172 e. The van der Waals surface area contributed by atoms with Crippen LogP contribution in [0.15, 0.2) is 36.7 Å². The third-order valence-electron chi connectivity index (χ3n) is 6.07. The van der Waals surface area contributed by atoms with E-state index < -0.39 is 11.6 Å². The SMILES string of the molecule is O=CCCCCCCCC#Cc1cnn2ccc(N3CCC[C@@H]3c3cc(F)ccc3F)nc12. The van der Waals surface area contributed by atoms with Gasteiger partial charge >= 0.3 is 0 Å². The molecule has 33 heavy (non-hydrogen) atoms. The van der Waals surface area contributed by atoms with Crippen LogP contribution in [0.4, 0.5) is 14.6 Å². The minimum atomic E-state index is -0.434. The number of carbonyl (C=O) groups is 1. The molecule has 5 nitrogen and oxygen atoms in total. The molecular weight excluding hydrogens is 422 g/mol. The van der Waals surface area contributed by atoms with Gasteiger partial charge in [0.2, 0.25) is 0 Å². The first kappa shape index (κ1) is 22.9. The Morgan fingerprint density at radius 1 is 1.12 bits per heavy atom. The number of rotatable bonds is 9. The minimum absolute atomic E-state index is 0.250. The maximum absolute atomic E-state index is 14.4. The fourth-order valence-corrected chi connectivity index (χ4v) is 4.37. The van der Waals surface area contributed by atoms with Crippen molar-refractivity contribution < 1.29 is 13.6 Å². The highest BCUT2D eigenvalue weighted by Crippen LogP contribution is 2.36. The number of benzene rings is 1. The third-order valence-corrected chi connectivity index (χ3v) is 6.07. The van der Waals surface area contributed by atoms with Crippen molar-refractivity contribution in [2.45, 2.75) is 63.8 Å². The van der Waals surface area contributed by atoms with Crippen molar-refractivity contribution in [1.29, 1.82) is 0 Å². The lowest BCUT2D eigenvalue weighted by molar-refractivity contribution is -0.107. The van der Waals surface area contributed by atoms with Crippen LogP contribution in [0.3, 0.4) is 0 Å². The van der Waals surface area contributed by atoms with Gasteiger partial charge in [-0.05, 0) is 49.9 Å². The zero-order valence-electron chi connectivity index (χ0n) is 18.6. The second kappa shape index (κ2) is 11.0. The molecule has 0 bridgehead atoms. The van der Waals surface area contributed by atoms with Gasteiger partial charge < -0.3 is 9.69 Å². The summed E-state index contributed by atoms with van der Waals surface area (Å²) < 4.78 is 29.9. The first-order valence-corrected chi connectivity index (χ1v) is 11.7. The highest BCUT2D eigenvalue weighted by atomic mass is 19.1. The average molecular weight is 451 g/mol. The molecule has 0 aliphatic carbocycles. The van der Waals surface area contributed by atoms with Crippen molar-refractivity contribution in [3.63, 3.8) is 0 Å². The topological polar surface area (TPSA) is 50.5 Å². The van der Waals surface area contributed by atoms with Gasteiger partial charge in [0.25, 0.3) is 0 Å². The first-order valence-electron chi connectivity index (χ1n) is 11.7. The van der Waals surface area contributed by atoms with E-state index in [1.54, 1.807) is 10.7 Å². The molecule has 1 aliphatic rings. The molecule has 1 aromatic carbocycles. The molecule has 1 atom stereocenters. The molecule has 0 radical (unpaired) electrons. The molecule has 4 rings (SSSR count). The Kier molecular flexibility index (Phi) is 7.66. The Bertz CT molecular complexity index is 1160. The summed E-state index contributed by atoms with van der Waals surface area (Å²) in [5.41, 5.74) is 1.79. The largest absolute Gasteiger partial charge is 0.349 e. The molecule has 3 heterocycles. The van der Waals surface area contributed by atoms with Crippen LogP contribution >= 0.6 is 0 Å². The predicted molar refractivity (Wildman–Crippen MR) is 124 cm³/mol. The summed E-state index contributed by atoms with van der Waals surface area (Å²) in [5.74, 6) is 6.29. The van der Waals surface area contributed by atoms with Gasteiger partial charge in [-0.25, -0.2) is 18.3 Å². The number of hydrogen-bond donors (Lipinski definition) is 0. The molecule has 0 unspecified atom stereocenters. The number of unbranched alkanes of at least 4 members (excludes halogenated alkanes) is 6. The molecule has 0 spiro atoms. The number of carbonyl (C=O) groups excluding carboxylic acids is 1. The van der Waals surface area contributed by atoms with Gasteiger partial charge in [-0.2, -0.15) is 5.10 Å². The molecule has 1 fully saturated rings. The summed E-state index contributed by atoms with van der Waals surface area (Å²) in [6, 6.07) is 5.23. The monoisotopic (exact) mass is 450 g/mol. The van der Waals surface area contributed by atoms with Gasteiger partial charge in [0, 0.05) is 31.1 Å². The van der Waals surface area contributed by atoms with E-state index in [-0.39, 0.29) is 6.04 Å². The lowest BCUT2D eigenvalue weighted by atomic mass is 10.0. The van der Waals surface area contributed by atoms with Crippen LogP contribution in [0.25, 0.3) is 5.65 Å². The van der Waals surface area contributed by atoms with Gasteiger partial charge in [-0.3, -0.25) is 0 Å². The molecule has 3 aromatic rings. The number of halogens is 2. The Labute approximate surface area is 192 Å². The van der Waals surface area contributed by atoms with Crippen LogP contribution < -0.4 is 4.90 Å². The van der Waals surface area contributed by atoms with Gasteiger partial charge in [-0.1, -0.05) is 31.1 Å². The summed E-state index contributed by atoms with van der Waals surface area (Å²) in [5, 5.41) is 4.34. The van der Waals surface area contributed by atoms with Crippen molar-refractivity contribution >= 4 is 17.8 Å². The maximum Gasteiger partial charge on any atom is 0.172 e. The summed E-state index contributed by atoms with van der Waals surface area (Å²) in [7, 11) is 0. The van der Waals surface area contributed by atoms with Gasteiger partial charge in [0.1, 0.15) is 23.7 Å². The van der Waals surface area contributed by atoms with E-state index in [9.17, 15) is 13.6 Å². The number of fused-ring (bicyclic) bond motifs is 1. The highest BCUT2D eigenvalue weighted by Gasteiger charge is 2.29. The average Bonchev–Trinajstić information content (AvgIpc) is 3.46. The summed E-state index contributed by atoms with van der Waals surface area (Å²) in [6.45, 7) is 0.728. The standard InChI is InChI=1S/C26H28F2N4O/c27-21-12-13-23(28)22(18-21)24-11-9-15-31(24)25-14-16-32-26(30-25)20(19-29-32)10-7-5-3-1-2-4-6-8-17-33/h12-14,16-19,24H,1-6,8-9,11,15H2/t24-/m1/s1. The maximum atomic E-state index is 14.4. The van der Waals surface area contributed by atoms with Crippen LogP contribution in [0, 0.1) is 23.5 Å². The third kappa shape index (κ3) is 5.57. The fourth-order valence-electron chi connectivity index (χ4n) is 4.37. The molecule has 1 aliphatic heterocycles. The molecule has 172 valence electrons. The van der Waals surface area contributed by atoms with Crippen molar-refractivity contribution in [2.24, 2.45) is 0 Å². The van der Waals surface area contributed by atoms with Crippen LogP contribution in [0.2, 0.25) is 0 Å². The number of nitrogens with zero attached hydrogens (tertiary/aromatic N) is 4. The quantitative estimate of drug-likeness (QED) is 0.241. The highest BCUT2D eigenvalue weighted by molar-refractivity contribution is 5.59. The summed E-state index contributed by atoms with van der Waals surface area (Å²) in [4.78, 5) is 17.1. The molecule has 0 saturated carbocycles. The first-order chi connectivity index (χ1) is 16.2. The normalized spacial score (nSPS) is 15.6. The van der Waals surface area contributed by atoms with E-state index in [0.29, 0.717) is 23.4 Å². The molecule has 1 saturated heterocycles. The van der Waals surface area contributed by atoms with Crippen molar-refractivity contribution in [1.82, 2.24) is 14.6 Å². The molecular formula is C26H28F2N4O. The molecule has 0 N–H and O–H groups in total. The van der Waals surface area contributed by atoms with Crippen LogP contribution in [0.5, 0.6) is 0 Å². The second-order valence-corrected chi connectivity index (χ2v) is 8.40. The van der Waals surface area contributed by atoms with E-state index in [1.165, 1.54) is 12.1 Å². The van der Waals surface area contributed by atoms with Crippen LogP contribution in [-0.2, 0) is 4.79 Å². The fraction of sp³-hybridized carbons (Fsp3) is 0.423. The molecule has 7 heteroatoms. The van der Waals surface area contributed by atoms with E-state index in [2.05, 4.69) is 16.9 Å². The van der Waals surface area contributed by atoms with E-state index >= 15 is 0 Å². The number of aldehydes is 1. The van der Waals surface area contributed by atoms with Crippen LogP contribution in [-0.4, -0.2) is 27.4 Å².